The molecule has 2 unspecified atom stereocenters. The van der Waals surface area contributed by atoms with Crippen LogP contribution in [0.1, 0.15) is 50.5 Å². The second kappa shape index (κ2) is 5.87. The van der Waals surface area contributed by atoms with E-state index in [1.807, 2.05) is 13.0 Å². The fraction of sp³-hybridized carbons (Fsp3) is 0.714. The Kier molecular flexibility index (Phi) is 4.44. The fourth-order valence-corrected chi connectivity index (χ4v) is 2.89. The van der Waals surface area contributed by atoms with Crippen molar-refractivity contribution in [3.63, 3.8) is 0 Å². The SMILES string of the molecule is Cc1cc(NC2CCCC2CCl)nc(C(C)C)n1. The third-order valence-electron chi connectivity index (χ3n) is 3.58. The van der Waals surface area contributed by atoms with Crippen molar-refractivity contribution in [3.8, 4) is 0 Å². The number of rotatable bonds is 4. The third-order valence-corrected chi connectivity index (χ3v) is 3.97. The van der Waals surface area contributed by atoms with Crippen LogP contribution in [0, 0.1) is 12.8 Å². The molecule has 1 saturated carbocycles. The summed E-state index contributed by atoms with van der Waals surface area (Å²) in [6.45, 7) is 6.26. The zero-order chi connectivity index (χ0) is 13.1. The van der Waals surface area contributed by atoms with E-state index in [2.05, 4.69) is 29.1 Å². The molecule has 0 bridgehead atoms. The lowest BCUT2D eigenvalue weighted by atomic mass is 10.1. The van der Waals surface area contributed by atoms with Gasteiger partial charge in [-0.25, -0.2) is 9.97 Å². The van der Waals surface area contributed by atoms with Crippen LogP contribution in [0.2, 0.25) is 0 Å². The molecule has 0 aromatic carbocycles. The van der Waals surface area contributed by atoms with Gasteiger partial charge in [0.15, 0.2) is 0 Å². The first-order valence-corrected chi connectivity index (χ1v) is 7.31. The van der Waals surface area contributed by atoms with Gasteiger partial charge >= 0.3 is 0 Å². The van der Waals surface area contributed by atoms with Crippen molar-refractivity contribution < 1.29 is 0 Å². The van der Waals surface area contributed by atoms with Crippen LogP contribution in [0.25, 0.3) is 0 Å². The van der Waals surface area contributed by atoms with Crippen LogP contribution in [0.3, 0.4) is 0 Å². The van der Waals surface area contributed by atoms with E-state index >= 15 is 0 Å². The highest BCUT2D eigenvalue weighted by molar-refractivity contribution is 6.18. The lowest BCUT2D eigenvalue weighted by Crippen LogP contribution is -2.26. The second-order valence-electron chi connectivity index (χ2n) is 5.50. The first-order valence-electron chi connectivity index (χ1n) is 6.78. The van der Waals surface area contributed by atoms with Gasteiger partial charge in [0.2, 0.25) is 0 Å². The maximum Gasteiger partial charge on any atom is 0.133 e. The Balaban J connectivity index is 2.13. The third kappa shape index (κ3) is 3.14. The minimum atomic E-state index is 0.359. The summed E-state index contributed by atoms with van der Waals surface area (Å²) < 4.78 is 0. The van der Waals surface area contributed by atoms with E-state index in [0.29, 0.717) is 17.9 Å². The predicted octanol–water partition coefficient (Wildman–Crippen LogP) is 3.73. The minimum absolute atomic E-state index is 0.359. The molecule has 0 saturated heterocycles. The van der Waals surface area contributed by atoms with Gasteiger partial charge in [-0.15, -0.1) is 11.6 Å². The van der Waals surface area contributed by atoms with E-state index < -0.39 is 0 Å². The molecular weight excluding hydrogens is 246 g/mol. The number of hydrogen-bond acceptors (Lipinski definition) is 3. The molecule has 0 amide bonds. The molecule has 1 N–H and O–H groups in total. The van der Waals surface area contributed by atoms with Crippen LogP contribution in [-0.2, 0) is 0 Å². The number of alkyl halides is 1. The summed E-state index contributed by atoms with van der Waals surface area (Å²) in [5.41, 5.74) is 1.02. The molecule has 1 aromatic rings. The van der Waals surface area contributed by atoms with Crippen LogP contribution in [0.5, 0.6) is 0 Å². The van der Waals surface area contributed by atoms with Crippen LogP contribution >= 0.6 is 11.6 Å². The second-order valence-corrected chi connectivity index (χ2v) is 5.81. The number of hydrogen-bond donors (Lipinski definition) is 1. The first-order chi connectivity index (χ1) is 8.60. The number of aryl methyl sites for hydroxylation is 1. The maximum atomic E-state index is 6.01. The molecule has 18 heavy (non-hydrogen) atoms. The average Bonchev–Trinajstić information content (AvgIpc) is 2.75. The summed E-state index contributed by atoms with van der Waals surface area (Å²) in [6.07, 6.45) is 3.68. The molecule has 1 aliphatic carbocycles. The monoisotopic (exact) mass is 267 g/mol. The highest BCUT2D eigenvalue weighted by Crippen LogP contribution is 2.29. The van der Waals surface area contributed by atoms with Crippen LogP contribution in [0.4, 0.5) is 5.82 Å². The Morgan fingerprint density at radius 1 is 1.39 bits per heavy atom. The summed E-state index contributed by atoms with van der Waals surface area (Å²) in [6, 6.07) is 2.49. The van der Waals surface area contributed by atoms with E-state index in [1.54, 1.807) is 0 Å². The minimum Gasteiger partial charge on any atom is -0.367 e. The number of halogens is 1. The molecule has 4 heteroatoms. The number of nitrogens with zero attached hydrogens (tertiary/aromatic N) is 2. The van der Waals surface area contributed by atoms with E-state index in [1.165, 1.54) is 19.3 Å². The van der Waals surface area contributed by atoms with Crippen molar-refractivity contribution in [2.75, 3.05) is 11.2 Å². The molecule has 1 heterocycles. The van der Waals surface area contributed by atoms with Crippen molar-refractivity contribution in [1.29, 1.82) is 0 Å². The molecule has 1 aliphatic rings. The standard InChI is InChI=1S/C14H22ClN3/c1-9(2)14-16-10(3)7-13(18-14)17-12-6-4-5-11(12)8-15/h7,9,11-12H,4-6,8H2,1-3H3,(H,16,17,18). The molecule has 100 valence electrons. The lowest BCUT2D eigenvalue weighted by Gasteiger charge is -2.20. The Bertz CT molecular complexity index is 406. The van der Waals surface area contributed by atoms with E-state index in [4.69, 9.17) is 11.6 Å². The molecule has 0 spiro atoms. The van der Waals surface area contributed by atoms with Gasteiger partial charge in [-0.3, -0.25) is 0 Å². The Hall–Kier alpha value is -0.830. The van der Waals surface area contributed by atoms with Crippen molar-refractivity contribution >= 4 is 17.4 Å². The maximum absolute atomic E-state index is 6.01. The number of aromatic nitrogens is 2. The molecule has 0 radical (unpaired) electrons. The van der Waals surface area contributed by atoms with Gasteiger partial charge < -0.3 is 5.32 Å². The van der Waals surface area contributed by atoms with Crippen molar-refractivity contribution in [3.05, 3.63) is 17.6 Å². The molecule has 0 aliphatic heterocycles. The molecule has 2 rings (SSSR count). The molecule has 3 nitrogen and oxygen atoms in total. The molecule has 2 atom stereocenters. The normalized spacial score (nSPS) is 23.6. The van der Waals surface area contributed by atoms with Gasteiger partial charge in [0.05, 0.1) is 0 Å². The Morgan fingerprint density at radius 2 is 2.17 bits per heavy atom. The van der Waals surface area contributed by atoms with Gasteiger partial charge in [0.1, 0.15) is 11.6 Å². The van der Waals surface area contributed by atoms with Gasteiger partial charge in [-0.1, -0.05) is 20.3 Å². The quantitative estimate of drug-likeness (QED) is 0.845. The van der Waals surface area contributed by atoms with Crippen LogP contribution < -0.4 is 5.32 Å². The van der Waals surface area contributed by atoms with E-state index in [9.17, 15) is 0 Å². The molecule has 1 fully saturated rings. The van der Waals surface area contributed by atoms with Crippen molar-refractivity contribution in [2.45, 2.75) is 52.0 Å². The first kappa shape index (κ1) is 13.6. The molecular formula is C14H22ClN3. The van der Waals surface area contributed by atoms with Crippen LogP contribution in [-0.4, -0.2) is 21.9 Å². The lowest BCUT2D eigenvalue weighted by molar-refractivity contribution is 0.560. The Morgan fingerprint density at radius 3 is 2.83 bits per heavy atom. The summed E-state index contributed by atoms with van der Waals surface area (Å²) >= 11 is 6.01. The van der Waals surface area contributed by atoms with E-state index in [0.717, 1.165) is 23.2 Å². The highest BCUT2D eigenvalue weighted by Gasteiger charge is 2.26. The average molecular weight is 268 g/mol. The Labute approximate surface area is 114 Å². The molecule has 1 aromatic heterocycles. The number of anilines is 1. The summed E-state index contributed by atoms with van der Waals surface area (Å²) in [5.74, 6) is 3.53. The fourth-order valence-electron chi connectivity index (χ4n) is 2.53. The van der Waals surface area contributed by atoms with Gasteiger partial charge in [0.25, 0.3) is 0 Å². The van der Waals surface area contributed by atoms with Crippen LogP contribution in [0.15, 0.2) is 6.07 Å². The smallest absolute Gasteiger partial charge is 0.133 e. The number of nitrogens with one attached hydrogen (secondary N) is 1. The van der Waals surface area contributed by atoms with Gasteiger partial charge in [-0.05, 0) is 25.7 Å². The summed E-state index contributed by atoms with van der Waals surface area (Å²) in [5, 5.41) is 3.54. The largest absolute Gasteiger partial charge is 0.367 e. The summed E-state index contributed by atoms with van der Waals surface area (Å²) in [7, 11) is 0. The zero-order valence-corrected chi connectivity index (χ0v) is 12.2. The van der Waals surface area contributed by atoms with Gasteiger partial charge in [0, 0.05) is 29.6 Å². The van der Waals surface area contributed by atoms with Gasteiger partial charge in [-0.2, -0.15) is 0 Å². The van der Waals surface area contributed by atoms with E-state index in [-0.39, 0.29) is 0 Å². The zero-order valence-electron chi connectivity index (χ0n) is 11.4. The van der Waals surface area contributed by atoms with Crippen molar-refractivity contribution in [1.82, 2.24) is 9.97 Å². The topological polar surface area (TPSA) is 37.8 Å². The highest BCUT2D eigenvalue weighted by atomic mass is 35.5. The summed E-state index contributed by atoms with van der Waals surface area (Å²) in [4.78, 5) is 9.07. The van der Waals surface area contributed by atoms with Crippen molar-refractivity contribution in [2.24, 2.45) is 5.92 Å². The predicted molar refractivity (Wildman–Crippen MR) is 76.3 cm³/mol.